The minimum atomic E-state index is -0.366. The third kappa shape index (κ3) is 2.27. The normalized spacial score (nSPS) is 10.3. The van der Waals surface area contributed by atoms with Crippen LogP contribution in [-0.2, 0) is 4.74 Å². The number of nitrogens with zero attached hydrogens (tertiary/aromatic N) is 1. The van der Waals surface area contributed by atoms with E-state index < -0.39 is 0 Å². The Morgan fingerprint density at radius 1 is 1.33 bits per heavy atom. The first-order valence-electron chi connectivity index (χ1n) is 5.86. The van der Waals surface area contributed by atoms with Crippen molar-refractivity contribution >= 4 is 16.9 Å². The molecule has 0 aliphatic carbocycles. The van der Waals surface area contributed by atoms with Crippen LogP contribution in [0.25, 0.3) is 10.9 Å². The molecule has 0 saturated carbocycles. The molecule has 0 spiro atoms. The van der Waals surface area contributed by atoms with Crippen LogP contribution >= 0.6 is 0 Å². The van der Waals surface area contributed by atoms with Crippen LogP contribution in [0.15, 0.2) is 30.5 Å². The van der Waals surface area contributed by atoms with Crippen LogP contribution in [0, 0.1) is 0 Å². The summed E-state index contributed by atoms with van der Waals surface area (Å²) in [5.41, 5.74) is 1.19. The number of aromatic nitrogens is 1. The molecule has 18 heavy (non-hydrogen) atoms. The molecular formula is C14H15NO3. The quantitative estimate of drug-likeness (QED) is 0.777. The van der Waals surface area contributed by atoms with Crippen molar-refractivity contribution in [1.82, 2.24) is 4.98 Å². The van der Waals surface area contributed by atoms with Gasteiger partial charge in [-0.25, -0.2) is 4.79 Å². The summed E-state index contributed by atoms with van der Waals surface area (Å²) in [5.74, 6) is 0.329. The molecular weight excluding hydrogens is 230 g/mol. The van der Waals surface area contributed by atoms with Gasteiger partial charge in [0.15, 0.2) is 0 Å². The van der Waals surface area contributed by atoms with Crippen molar-refractivity contribution in [3.05, 3.63) is 36.0 Å². The van der Waals surface area contributed by atoms with E-state index in [2.05, 4.69) is 4.98 Å². The van der Waals surface area contributed by atoms with Crippen LogP contribution in [-0.4, -0.2) is 24.7 Å². The van der Waals surface area contributed by atoms with Gasteiger partial charge in [0.1, 0.15) is 11.3 Å². The highest BCUT2D eigenvalue weighted by Crippen LogP contribution is 2.27. The number of carbonyl (C=O) groups is 1. The first-order chi connectivity index (χ1) is 8.77. The molecule has 0 atom stereocenters. The lowest BCUT2D eigenvalue weighted by molar-refractivity contribution is 0.0603. The van der Waals surface area contributed by atoms with Gasteiger partial charge in [0.25, 0.3) is 0 Å². The number of hydrogen-bond acceptors (Lipinski definition) is 4. The van der Waals surface area contributed by atoms with Crippen molar-refractivity contribution in [2.24, 2.45) is 0 Å². The van der Waals surface area contributed by atoms with E-state index in [0.717, 1.165) is 11.8 Å². The maximum atomic E-state index is 11.7. The fourth-order valence-electron chi connectivity index (χ4n) is 1.76. The van der Waals surface area contributed by atoms with E-state index in [4.69, 9.17) is 9.47 Å². The van der Waals surface area contributed by atoms with E-state index in [1.54, 1.807) is 24.4 Å². The van der Waals surface area contributed by atoms with Crippen molar-refractivity contribution in [3.63, 3.8) is 0 Å². The molecule has 0 N–H and O–H groups in total. The number of hydrogen-bond donors (Lipinski definition) is 0. The molecule has 1 aromatic heterocycles. The summed E-state index contributed by atoms with van der Waals surface area (Å²) in [4.78, 5) is 15.9. The van der Waals surface area contributed by atoms with Gasteiger partial charge < -0.3 is 9.47 Å². The van der Waals surface area contributed by atoms with Gasteiger partial charge in [0.2, 0.25) is 0 Å². The number of rotatable bonds is 4. The van der Waals surface area contributed by atoms with Gasteiger partial charge in [0.05, 0.1) is 19.3 Å². The van der Waals surface area contributed by atoms with Crippen LogP contribution in [0.4, 0.5) is 0 Å². The monoisotopic (exact) mass is 245 g/mol. The first kappa shape index (κ1) is 12.4. The Kier molecular flexibility index (Phi) is 3.77. The Balaban J connectivity index is 2.55. The summed E-state index contributed by atoms with van der Waals surface area (Å²) in [5, 5.41) is 0.748. The molecule has 94 valence electrons. The van der Waals surface area contributed by atoms with Crippen molar-refractivity contribution < 1.29 is 14.3 Å². The fourth-order valence-corrected chi connectivity index (χ4v) is 1.76. The van der Waals surface area contributed by atoms with Crippen molar-refractivity contribution in [2.75, 3.05) is 13.7 Å². The Labute approximate surface area is 106 Å². The van der Waals surface area contributed by atoms with Gasteiger partial charge in [-0.05, 0) is 24.6 Å². The number of benzene rings is 1. The number of pyridine rings is 1. The highest BCUT2D eigenvalue weighted by molar-refractivity contribution is 6.05. The van der Waals surface area contributed by atoms with Gasteiger partial charge in [-0.3, -0.25) is 4.98 Å². The number of esters is 1. The van der Waals surface area contributed by atoms with Crippen LogP contribution in [0.3, 0.4) is 0 Å². The lowest BCUT2D eigenvalue weighted by Crippen LogP contribution is -2.04. The third-order valence-corrected chi connectivity index (χ3v) is 2.60. The predicted octanol–water partition coefficient (Wildman–Crippen LogP) is 2.81. The average molecular weight is 245 g/mol. The maximum Gasteiger partial charge on any atom is 0.338 e. The van der Waals surface area contributed by atoms with Gasteiger partial charge >= 0.3 is 5.97 Å². The number of fused-ring (bicyclic) bond motifs is 1. The molecule has 4 heteroatoms. The predicted molar refractivity (Wildman–Crippen MR) is 68.9 cm³/mol. The molecule has 2 rings (SSSR count). The van der Waals surface area contributed by atoms with Crippen LogP contribution in [0.5, 0.6) is 5.75 Å². The van der Waals surface area contributed by atoms with Crippen LogP contribution in [0.2, 0.25) is 0 Å². The molecule has 1 aromatic carbocycles. The summed E-state index contributed by atoms with van der Waals surface area (Å²) >= 11 is 0. The minimum absolute atomic E-state index is 0.366. The second kappa shape index (κ2) is 5.49. The number of carbonyl (C=O) groups excluding carboxylic acids is 1. The van der Waals surface area contributed by atoms with Gasteiger partial charge in [-0.2, -0.15) is 0 Å². The Bertz CT molecular complexity index is 566. The SMILES string of the molecule is CCCOc1ccc(C(=O)OC)c2cccnc12. The molecule has 0 fully saturated rings. The van der Waals surface area contributed by atoms with E-state index in [9.17, 15) is 4.79 Å². The summed E-state index contributed by atoms with van der Waals surface area (Å²) in [7, 11) is 1.37. The fraction of sp³-hybridized carbons (Fsp3) is 0.286. The summed E-state index contributed by atoms with van der Waals surface area (Å²) in [6, 6.07) is 7.10. The molecule has 1 heterocycles. The summed E-state index contributed by atoms with van der Waals surface area (Å²) in [6.45, 7) is 2.67. The lowest BCUT2D eigenvalue weighted by atomic mass is 10.1. The van der Waals surface area contributed by atoms with E-state index in [1.165, 1.54) is 7.11 Å². The van der Waals surface area contributed by atoms with Crippen LogP contribution < -0.4 is 4.74 Å². The van der Waals surface area contributed by atoms with E-state index in [-0.39, 0.29) is 5.97 Å². The van der Waals surface area contributed by atoms with Gasteiger partial charge in [-0.1, -0.05) is 13.0 Å². The number of methoxy groups -OCH3 is 1. The molecule has 0 saturated heterocycles. The largest absolute Gasteiger partial charge is 0.491 e. The van der Waals surface area contributed by atoms with Crippen LogP contribution in [0.1, 0.15) is 23.7 Å². The molecule has 0 aliphatic heterocycles. The smallest absolute Gasteiger partial charge is 0.338 e. The van der Waals surface area contributed by atoms with Crippen molar-refractivity contribution in [2.45, 2.75) is 13.3 Å². The molecule has 0 unspecified atom stereocenters. The van der Waals surface area contributed by atoms with Gasteiger partial charge in [0, 0.05) is 11.6 Å². The zero-order chi connectivity index (χ0) is 13.0. The number of ether oxygens (including phenoxy) is 2. The minimum Gasteiger partial charge on any atom is -0.491 e. The molecule has 4 nitrogen and oxygen atoms in total. The molecule has 0 radical (unpaired) electrons. The van der Waals surface area contributed by atoms with Crippen molar-refractivity contribution in [1.29, 1.82) is 0 Å². The average Bonchev–Trinajstić information content (AvgIpc) is 2.43. The Morgan fingerprint density at radius 3 is 2.89 bits per heavy atom. The molecule has 2 aromatic rings. The second-order valence-corrected chi connectivity index (χ2v) is 3.85. The summed E-state index contributed by atoms with van der Waals surface area (Å²) < 4.78 is 10.4. The highest BCUT2D eigenvalue weighted by Gasteiger charge is 2.13. The molecule has 0 aliphatic rings. The van der Waals surface area contributed by atoms with Crippen molar-refractivity contribution in [3.8, 4) is 5.75 Å². The standard InChI is InChI=1S/C14H15NO3/c1-3-9-18-12-7-6-11(14(16)17-2)10-5-4-8-15-13(10)12/h4-8H,3,9H2,1-2H3. The summed E-state index contributed by atoms with van der Waals surface area (Å²) in [6.07, 6.45) is 2.61. The van der Waals surface area contributed by atoms with E-state index >= 15 is 0 Å². The van der Waals surface area contributed by atoms with E-state index in [0.29, 0.717) is 23.4 Å². The second-order valence-electron chi connectivity index (χ2n) is 3.85. The van der Waals surface area contributed by atoms with E-state index in [1.807, 2.05) is 13.0 Å². The maximum absolute atomic E-state index is 11.7. The molecule has 0 amide bonds. The first-order valence-corrected chi connectivity index (χ1v) is 5.86. The Morgan fingerprint density at radius 2 is 2.17 bits per heavy atom. The van der Waals surface area contributed by atoms with Gasteiger partial charge in [-0.15, -0.1) is 0 Å². The highest BCUT2D eigenvalue weighted by atomic mass is 16.5. The zero-order valence-electron chi connectivity index (χ0n) is 10.5. The Hall–Kier alpha value is -2.10. The lowest BCUT2D eigenvalue weighted by Gasteiger charge is -2.10. The topological polar surface area (TPSA) is 48.4 Å². The molecule has 0 bridgehead atoms. The third-order valence-electron chi connectivity index (χ3n) is 2.60. The zero-order valence-corrected chi connectivity index (χ0v) is 10.5.